The molecule has 96 valence electrons. The third-order valence-electron chi connectivity index (χ3n) is 2.90. The number of hydrogen-bond acceptors (Lipinski definition) is 2. The van der Waals surface area contributed by atoms with Gasteiger partial charge in [-0.25, -0.2) is 0 Å². The molecule has 0 unspecified atom stereocenters. The molecule has 2 nitrogen and oxygen atoms in total. The lowest BCUT2D eigenvalue weighted by atomic mass is 10.2. The van der Waals surface area contributed by atoms with Crippen molar-refractivity contribution in [2.24, 2.45) is 0 Å². The number of fused-ring (bicyclic) bond motifs is 1. The highest BCUT2D eigenvalue weighted by atomic mass is 79.9. The predicted molar refractivity (Wildman–Crippen MR) is 83.3 cm³/mol. The second-order valence-corrected chi connectivity index (χ2v) is 7.07. The number of nitrogens with zero attached hydrogens (tertiary/aromatic N) is 1. The van der Waals surface area contributed by atoms with Crippen LogP contribution in [0, 0.1) is 0 Å². The molecule has 0 aliphatic rings. The van der Waals surface area contributed by atoms with Crippen LogP contribution in [0.15, 0.2) is 46.4 Å². The van der Waals surface area contributed by atoms with E-state index in [4.69, 9.17) is 11.6 Å². The molecular weight excluding hydrogens is 346 g/mol. The van der Waals surface area contributed by atoms with Crippen molar-refractivity contribution in [3.8, 4) is 0 Å². The molecule has 0 bridgehead atoms. The molecule has 2 heterocycles. The van der Waals surface area contributed by atoms with E-state index < -0.39 is 0 Å². The zero-order valence-corrected chi connectivity index (χ0v) is 12.9. The summed E-state index contributed by atoms with van der Waals surface area (Å²) < 4.78 is 2.90. The number of halogens is 2. The summed E-state index contributed by atoms with van der Waals surface area (Å²) in [5.41, 5.74) is 0.983. The Hall–Kier alpha value is -1.10. The highest BCUT2D eigenvalue weighted by Crippen LogP contribution is 2.24. The largest absolute Gasteiger partial charge is 0.340 e. The molecular formula is C14H9BrClNOS. The minimum atomic E-state index is 0.105. The van der Waals surface area contributed by atoms with E-state index in [-0.39, 0.29) is 5.78 Å². The van der Waals surface area contributed by atoms with Crippen molar-refractivity contribution < 1.29 is 4.79 Å². The molecule has 0 saturated carbocycles. The SMILES string of the molecule is O=C(Cn1ccc2ccc(Cl)cc21)c1ccc(Br)s1. The molecule has 2 aromatic heterocycles. The Morgan fingerprint density at radius 3 is 2.84 bits per heavy atom. The molecule has 0 radical (unpaired) electrons. The Bertz CT molecular complexity index is 762. The van der Waals surface area contributed by atoms with Gasteiger partial charge in [-0.05, 0) is 51.6 Å². The molecule has 3 aromatic rings. The molecule has 0 atom stereocenters. The Morgan fingerprint density at radius 1 is 1.26 bits per heavy atom. The number of thiophene rings is 1. The van der Waals surface area contributed by atoms with Gasteiger partial charge >= 0.3 is 0 Å². The fraction of sp³-hybridized carbons (Fsp3) is 0.0714. The van der Waals surface area contributed by atoms with E-state index in [9.17, 15) is 4.79 Å². The zero-order chi connectivity index (χ0) is 13.4. The van der Waals surface area contributed by atoms with E-state index in [2.05, 4.69) is 15.9 Å². The first kappa shape index (κ1) is 12.9. The predicted octanol–water partition coefficient (Wildman–Crippen LogP) is 5.00. The summed E-state index contributed by atoms with van der Waals surface area (Å²) in [4.78, 5) is 12.9. The lowest BCUT2D eigenvalue weighted by Crippen LogP contribution is -2.07. The monoisotopic (exact) mass is 353 g/mol. The van der Waals surface area contributed by atoms with Crippen LogP contribution in [0.3, 0.4) is 0 Å². The van der Waals surface area contributed by atoms with Gasteiger partial charge in [-0.2, -0.15) is 0 Å². The number of rotatable bonds is 3. The Labute approximate surface area is 127 Å². The summed E-state index contributed by atoms with van der Waals surface area (Å²) in [7, 11) is 0. The second-order valence-electron chi connectivity index (χ2n) is 4.17. The van der Waals surface area contributed by atoms with Crippen LogP contribution in [-0.2, 0) is 6.54 Å². The number of benzene rings is 1. The fourth-order valence-electron chi connectivity index (χ4n) is 1.99. The van der Waals surface area contributed by atoms with Crippen LogP contribution < -0.4 is 0 Å². The summed E-state index contributed by atoms with van der Waals surface area (Å²) in [6.07, 6.45) is 1.92. The van der Waals surface area contributed by atoms with Crippen molar-refractivity contribution in [2.45, 2.75) is 6.54 Å². The normalized spacial score (nSPS) is 11.1. The maximum atomic E-state index is 12.2. The molecule has 0 amide bonds. The number of ketones is 1. The number of carbonyl (C=O) groups excluding carboxylic acids is 1. The van der Waals surface area contributed by atoms with Gasteiger partial charge in [-0.1, -0.05) is 17.7 Å². The second kappa shape index (κ2) is 5.12. The van der Waals surface area contributed by atoms with Crippen molar-refractivity contribution in [3.63, 3.8) is 0 Å². The first-order valence-electron chi connectivity index (χ1n) is 5.66. The maximum Gasteiger partial charge on any atom is 0.192 e. The molecule has 0 aliphatic carbocycles. The molecule has 0 N–H and O–H groups in total. The molecule has 0 spiro atoms. The van der Waals surface area contributed by atoms with E-state index in [1.165, 1.54) is 11.3 Å². The third kappa shape index (κ3) is 2.61. The van der Waals surface area contributed by atoms with Gasteiger partial charge in [0.1, 0.15) is 0 Å². The molecule has 5 heteroatoms. The van der Waals surface area contributed by atoms with E-state index in [0.717, 1.165) is 19.6 Å². The first-order valence-corrected chi connectivity index (χ1v) is 7.65. The number of hydrogen-bond donors (Lipinski definition) is 0. The summed E-state index contributed by atoms with van der Waals surface area (Å²) in [6, 6.07) is 11.4. The summed E-state index contributed by atoms with van der Waals surface area (Å²) in [5.74, 6) is 0.105. The zero-order valence-electron chi connectivity index (χ0n) is 9.77. The van der Waals surface area contributed by atoms with Gasteiger partial charge in [0.15, 0.2) is 5.78 Å². The van der Waals surface area contributed by atoms with Gasteiger partial charge in [0.25, 0.3) is 0 Å². The van der Waals surface area contributed by atoms with Crippen molar-refractivity contribution in [1.82, 2.24) is 4.57 Å². The minimum absolute atomic E-state index is 0.105. The molecule has 3 rings (SSSR count). The van der Waals surface area contributed by atoms with Crippen LogP contribution in [0.1, 0.15) is 9.67 Å². The van der Waals surface area contributed by atoms with Crippen LogP contribution in [0.4, 0.5) is 0 Å². The van der Waals surface area contributed by atoms with E-state index in [1.807, 2.05) is 47.2 Å². The Kier molecular flexibility index (Phi) is 3.48. The highest BCUT2D eigenvalue weighted by molar-refractivity contribution is 9.11. The van der Waals surface area contributed by atoms with Gasteiger partial charge in [-0.15, -0.1) is 11.3 Å². The highest BCUT2D eigenvalue weighted by Gasteiger charge is 2.11. The summed E-state index contributed by atoms with van der Waals surface area (Å²) in [6.45, 7) is 0.330. The van der Waals surface area contributed by atoms with Crippen molar-refractivity contribution in [3.05, 3.63) is 56.3 Å². The minimum Gasteiger partial charge on any atom is -0.340 e. The van der Waals surface area contributed by atoms with Crippen molar-refractivity contribution in [1.29, 1.82) is 0 Å². The van der Waals surface area contributed by atoms with Crippen molar-refractivity contribution >= 4 is 55.6 Å². The molecule has 0 fully saturated rings. The standard InChI is InChI=1S/C14H9BrClNOS/c15-14-4-3-13(19-14)12(18)8-17-6-5-9-1-2-10(16)7-11(9)17/h1-7H,8H2. The van der Waals surface area contributed by atoms with E-state index >= 15 is 0 Å². The molecule has 0 aliphatic heterocycles. The topological polar surface area (TPSA) is 22.0 Å². The molecule has 1 aromatic carbocycles. The molecule has 0 saturated heterocycles. The lowest BCUT2D eigenvalue weighted by Gasteiger charge is -2.03. The smallest absolute Gasteiger partial charge is 0.192 e. The number of aromatic nitrogens is 1. The van der Waals surface area contributed by atoms with Gasteiger partial charge in [0.05, 0.1) is 15.2 Å². The average Bonchev–Trinajstić information content (AvgIpc) is 2.97. The third-order valence-corrected chi connectivity index (χ3v) is 4.80. The van der Waals surface area contributed by atoms with Crippen LogP contribution >= 0.6 is 38.9 Å². The number of carbonyl (C=O) groups is 1. The van der Waals surface area contributed by atoms with Crippen LogP contribution in [0.2, 0.25) is 5.02 Å². The van der Waals surface area contributed by atoms with E-state index in [1.54, 1.807) is 0 Å². The lowest BCUT2D eigenvalue weighted by molar-refractivity contribution is 0.0977. The molecule has 19 heavy (non-hydrogen) atoms. The van der Waals surface area contributed by atoms with Gasteiger partial charge in [0.2, 0.25) is 0 Å². The summed E-state index contributed by atoms with van der Waals surface area (Å²) in [5, 5.41) is 1.77. The van der Waals surface area contributed by atoms with E-state index in [0.29, 0.717) is 11.6 Å². The number of Topliss-reactive ketones (excluding diaryl/α,β-unsaturated/α-hetero) is 1. The van der Waals surface area contributed by atoms with Gasteiger partial charge < -0.3 is 4.57 Å². The Morgan fingerprint density at radius 2 is 2.11 bits per heavy atom. The van der Waals surface area contributed by atoms with Gasteiger partial charge in [-0.3, -0.25) is 4.79 Å². The van der Waals surface area contributed by atoms with Crippen molar-refractivity contribution in [2.75, 3.05) is 0 Å². The summed E-state index contributed by atoms with van der Waals surface area (Å²) >= 11 is 10.8. The van der Waals surface area contributed by atoms with Gasteiger partial charge in [0, 0.05) is 16.7 Å². The Balaban J connectivity index is 1.93. The average molecular weight is 355 g/mol. The first-order chi connectivity index (χ1) is 9.13. The van der Waals surface area contributed by atoms with Crippen LogP contribution in [0.5, 0.6) is 0 Å². The maximum absolute atomic E-state index is 12.2. The van der Waals surface area contributed by atoms with Crippen LogP contribution in [-0.4, -0.2) is 10.4 Å². The quantitative estimate of drug-likeness (QED) is 0.607. The van der Waals surface area contributed by atoms with Crippen LogP contribution in [0.25, 0.3) is 10.9 Å². The fourth-order valence-corrected chi connectivity index (χ4v) is 3.47.